The molecule has 1 amide bonds. The van der Waals surface area contributed by atoms with E-state index < -0.39 is 0 Å². The van der Waals surface area contributed by atoms with Crippen LogP contribution in [0, 0.1) is 23.2 Å². The van der Waals surface area contributed by atoms with Crippen LogP contribution in [0.2, 0.25) is 10.0 Å². The maximum Gasteiger partial charge on any atom is 0.228 e. The van der Waals surface area contributed by atoms with Gasteiger partial charge in [-0.25, -0.2) is 0 Å². The van der Waals surface area contributed by atoms with E-state index in [0.29, 0.717) is 35.6 Å². The molecular formula is C21H25Cl2NO2. The van der Waals surface area contributed by atoms with Gasteiger partial charge in [0.25, 0.3) is 0 Å². The number of benzene rings is 1. The number of halogens is 2. The van der Waals surface area contributed by atoms with Crippen LogP contribution in [0.4, 0.5) is 0 Å². The number of hydrogen-bond acceptors (Lipinski definition) is 2. The topological polar surface area (TPSA) is 29.5 Å². The zero-order valence-electron chi connectivity index (χ0n) is 14.9. The van der Waals surface area contributed by atoms with E-state index in [4.69, 9.17) is 27.9 Å². The van der Waals surface area contributed by atoms with Crippen molar-refractivity contribution in [2.24, 2.45) is 23.2 Å². The third-order valence-corrected chi connectivity index (χ3v) is 7.54. The fourth-order valence-corrected chi connectivity index (χ4v) is 7.05. The second kappa shape index (κ2) is 6.39. The highest BCUT2D eigenvalue weighted by molar-refractivity contribution is 6.34. The molecule has 26 heavy (non-hydrogen) atoms. The van der Waals surface area contributed by atoms with Gasteiger partial charge in [-0.1, -0.05) is 23.2 Å². The normalized spacial score (nSPS) is 38.6. The fraction of sp³-hybridized carbons (Fsp3) is 0.667. The van der Waals surface area contributed by atoms with Gasteiger partial charge in [0.15, 0.2) is 0 Å². The van der Waals surface area contributed by atoms with Crippen molar-refractivity contribution in [2.75, 3.05) is 19.7 Å². The lowest BCUT2D eigenvalue weighted by Gasteiger charge is -2.57. The van der Waals surface area contributed by atoms with Crippen LogP contribution in [0.1, 0.15) is 50.2 Å². The van der Waals surface area contributed by atoms with E-state index in [1.165, 1.54) is 19.3 Å². The Bertz CT molecular complexity index is 679. The van der Waals surface area contributed by atoms with E-state index in [1.807, 2.05) is 12.1 Å². The van der Waals surface area contributed by atoms with Crippen LogP contribution in [0.25, 0.3) is 0 Å². The van der Waals surface area contributed by atoms with Gasteiger partial charge >= 0.3 is 0 Å². The Morgan fingerprint density at radius 2 is 1.58 bits per heavy atom. The average Bonchev–Trinajstić information content (AvgIpc) is 2.59. The summed E-state index contributed by atoms with van der Waals surface area (Å²) < 4.78 is 5.96. The van der Waals surface area contributed by atoms with Crippen LogP contribution >= 0.6 is 23.2 Å². The molecule has 4 bridgehead atoms. The minimum absolute atomic E-state index is 0.0807. The third kappa shape index (κ3) is 2.96. The van der Waals surface area contributed by atoms with Crippen molar-refractivity contribution in [3.05, 3.63) is 33.8 Å². The number of nitrogens with zero attached hydrogens (tertiary/aromatic N) is 1. The summed E-state index contributed by atoms with van der Waals surface area (Å²) in [5, 5.41) is 1.22. The maximum atomic E-state index is 13.6. The fourth-order valence-electron chi connectivity index (χ4n) is 6.50. The van der Waals surface area contributed by atoms with Gasteiger partial charge in [0.05, 0.1) is 18.6 Å². The van der Waals surface area contributed by atoms with Crippen molar-refractivity contribution in [3.8, 4) is 0 Å². The first-order valence-electron chi connectivity index (χ1n) is 9.88. The Hall–Kier alpha value is -0.770. The van der Waals surface area contributed by atoms with E-state index >= 15 is 0 Å². The lowest BCUT2D eigenvalue weighted by Crippen LogP contribution is -2.56. The molecule has 1 unspecified atom stereocenters. The lowest BCUT2D eigenvalue weighted by molar-refractivity contribution is -0.164. The molecule has 0 spiro atoms. The van der Waals surface area contributed by atoms with Crippen molar-refractivity contribution in [1.29, 1.82) is 0 Å². The highest BCUT2D eigenvalue weighted by Gasteiger charge is 2.55. The SMILES string of the molecule is O=C(N1CCOC(c2cc(Cl)cc(Cl)c2)C1)C12CC3CC(CC(C3)C1)C2. The largest absolute Gasteiger partial charge is 0.370 e. The Balaban J connectivity index is 1.36. The number of carbonyl (C=O) groups excluding carboxylic acids is 1. The maximum absolute atomic E-state index is 13.6. The second-order valence-electron chi connectivity index (χ2n) is 9.01. The Morgan fingerprint density at radius 1 is 1.00 bits per heavy atom. The van der Waals surface area contributed by atoms with Gasteiger partial charge in [-0.3, -0.25) is 4.79 Å². The van der Waals surface area contributed by atoms with Gasteiger partial charge in [0.2, 0.25) is 5.91 Å². The summed E-state index contributed by atoms with van der Waals surface area (Å²) in [4.78, 5) is 15.6. The van der Waals surface area contributed by atoms with Crippen molar-refractivity contribution >= 4 is 29.1 Å². The van der Waals surface area contributed by atoms with Gasteiger partial charge in [0.1, 0.15) is 6.10 Å². The van der Waals surface area contributed by atoms with Crippen LogP contribution in [0.5, 0.6) is 0 Å². The molecule has 5 aliphatic rings. The van der Waals surface area contributed by atoms with Crippen LogP contribution in [0.15, 0.2) is 18.2 Å². The summed E-state index contributed by atoms with van der Waals surface area (Å²) in [6, 6.07) is 5.53. The van der Waals surface area contributed by atoms with Crippen LogP contribution in [-0.2, 0) is 9.53 Å². The zero-order valence-corrected chi connectivity index (χ0v) is 16.4. The molecule has 1 aliphatic heterocycles. The first-order chi connectivity index (χ1) is 12.5. The van der Waals surface area contributed by atoms with Gasteiger partial charge in [-0.15, -0.1) is 0 Å². The number of morpholine rings is 1. The van der Waals surface area contributed by atoms with Crippen molar-refractivity contribution in [3.63, 3.8) is 0 Å². The lowest BCUT2D eigenvalue weighted by atomic mass is 9.49. The second-order valence-corrected chi connectivity index (χ2v) is 9.88. The molecule has 3 nitrogen and oxygen atoms in total. The highest BCUT2D eigenvalue weighted by Crippen LogP contribution is 2.60. The summed E-state index contributed by atoms with van der Waals surface area (Å²) >= 11 is 12.3. The van der Waals surface area contributed by atoms with Gasteiger partial charge < -0.3 is 9.64 Å². The van der Waals surface area contributed by atoms with Crippen molar-refractivity contribution < 1.29 is 9.53 Å². The molecule has 0 radical (unpaired) electrons. The predicted molar refractivity (Wildman–Crippen MR) is 102 cm³/mol. The molecule has 140 valence electrons. The van der Waals surface area contributed by atoms with Gasteiger partial charge in [-0.2, -0.15) is 0 Å². The average molecular weight is 394 g/mol. The quantitative estimate of drug-likeness (QED) is 0.698. The monoisotopic (exact) mass is 393 g/mol. The molecule has 0 aromatic heterocycles. The van der Waals surface area contributed by atoms with Gasteiger partial charge in [-0.05, 0) is 80.0 Å². The molecule has 1 heterocycles. The predicted octanol–water partition coefficient (Wildman–Crippen LogP) is 5.11. The zero-order chi connectivity index (χ0) is 17.9. The van der Waals surface area contributed by atoms with Gasteiger partial charge in [0, 0.05) is 16.6 Å². The molecule has 1 aromatic rings. The van der Waals surface area contributed by atoms with E-state index in [0.717, 1.165) is 42.6 Å². The van der Waals surface area contributed by atoms with Crippen LogP contribution < -0.4 is 0 Å². The number of ether oxygens (including phenoxy) is 1. The van der Waals surface area contributed by atoms with E-state index in [1.54, 1.807) is 6.07 Å². The summed E-state index contributed by atoms with van der Waals surface area (Å²) in [6.07, 6.45) is 7.28. The molecule has 1 aromatic carbocycles. The molecule has 6 rings (SSSR count). The molecule has 0 N–H and O–H groups in total. The Morgan fingerprint density at radius 3 is 2.15 bits per heavy atom. The smallest absolute Gasteiger partial charge is 0.228 e. The summed E-state index contributed by atoms with van der Waals surface area (Å²) in [5.41, 5.74) is 0.883. The van der Waals surface area contributed by atoms with Crippen LogP contribution in [0.3, 0.4) is 0 Å². The molecule has 5 fully saturated rings. The first-order valence-corrected chi connectivity index (χ1v) is 10.6. The molecule has 1 saturated heterocycles. The molecule has 5 heteroatoms. The van der Waals surface area contributed by atoms with Crippen LogP contribution in [-0.4, -0.2) is 30.5 Å². The van der Waals surface area contributed by atoms with Crippen molar-refractivity contribution in [2.45, 2.75) is 44.6 Å². The van der Waals surface area contributed by atoms with E-state index in [2.05, 4.69) is 4.90 Å². The number of rotatable bonds is 2. The Labute approximate surface area is 165 Å². The summed E-state index contributed by atoms with van der Waals surface area (Å²) in [5.74, 6) is 2.74. The van der Waals surface area contributed by atoms with Crippen molar-refractivity contribution in [1.82, 2.24) is 4.90 Å². The van der Waals surface area contributed by atoms with E-state index in [9.17, 15) is 4.79 Å². The minimum Gasteiger partial charge on any atom is -0.370 e. The Kier molecular flexibility index (Phi) is 4.26. The first kappa shape index (κ1) is 17.3. The highest BCUT2D eigenvalue weighted by atomic mass is 35.5. The number of amides is 1. The summed E-state index contributed by atoms with van der Waals surface area (Å²) in [6.45, 7) is 1.88. The summed E-state index contributed by atoms with van der Waals surface area (Å²) in [7, 11) is 0. The molecular weight excluding hydrogens is 369 g/mol. The van der Waals surface area contributed by atoms with E-state index in [-0.39, 0.29) is 11.5 Å². The third-order valence-electron chi connectivity index (χ3n) is 7.10. The molecule has 4 saturated carbocycles. The number of hydrogen-bond donors (Lipinski definition) is 0. The molecule has 4 aliphatic carbocycles. The standard InChI is InChI=1S/C21H25Cl2NO2/c22-17-6-16(7-18(23)8-17)19-12-24(1-2-26-19)20(25)21-9-13-3-14(10-21)5-15(4-13)11-21/h6-8,13-15,19H,1-5,9-12H2. The number of carbonyl (C=O) groups is 1. The minimum atomic E-state index is -0.141. The molecule has 1 atom stereocenters.